The predicted molar refractivity (Wildman–Crippen MR) is 130 cm³/mol. The minimum Gasteiger partial charge on any atom is -0.361 e. The number of anilines is 2. The van der Waals surface area contributed by atoms with Crippen LogP contribution < -0.4 is 10.6 Å². The van der Waals surface area contributed by atoms with Crippen molar-refractivity contribution >= 4 is 39.9 Å². The minimum absolute atomic E-state index is 0.230. The number of amides is 2. The molecule has 3 N–H and O–H groups in total. The van der Waals surface area contributed by atoms with Crippen LogP contribution in [0.5, 0.6) is 0 Å². The topological polar surface area (TPSA) is 60.2 Å². The van der Waals surface area contributed by atoms with Crippen molar-refractivity contribution in [3.05, 3.63) is 59.0 Å². The first-order valence-electron chi connectivity index (χ1n) is 11.3. The third kappa shape index (κ3) is 5.25. The van der Waals surface area contributed by atoms with E-state index in [9.17, 15) is 9.18 Å². The largest absolute Gasteiger partial charge is 0.361 e. The van der Waals surface area contributed by atoms with Crippen molar-refractivity contribution in [2.24, 2.45) is 0 Å². The molecule has 2 aromatic carbocycles. The number of likely N-dealkylation sites (tertiary alicyclic amines) is 1. The molecule has 1 aromatic heterocycles. The number of aromatic amines is 1. The third-order valence-corrected chi connectivity index (χ3v) is 6.61. The second-order valence-electron chi connectivity index (χ2n) is 8.69. The van der Waals surface area contributed by atoms with Crippen LogP contribution in [-0.4, -0.2) is 35.0 Å². The van der Waals surface area contributed by atoms with Crippen LogP contribution in [0.4, 0.5) is 20.6 Å². The summed E-state index contributed by atoms with van der Waals surface area (Å²) in [5, 5.41) is 6.84. The number of H-pyrrole nitrogens is 1. The molecule has 32 heavy (non-hydrogen) atoms. The number of halogens is 2. The second kappa shape index (κ2) is 9.92. The van der Waals surface area contributed by atoms with Gasteiger partial charge in [0.05, 0.1) is 0 Å². The Bertz CT molecular complexity index is 1070. The monoisotopic (exact) mass is 456 g/mol. The molecular weight excluding hydrogens is 427 g/mol. The first-order valence-corrected chi connectivity index (χ1v) is 11.7. The first-order chi connectivity index (χ1) is 15.4. The van der Waals surface area contributed by atoms with Crippen LogP contribution in [-0.2, 0) is 0 Å². The number of hydrogen-bond donors (Lipinski definition) is 3. The van der Waals surface area contributed by atoms with E-state index in [-0.39, 0.29) is 5.02 Å². The van der Waals surface area contributed by atoms with Crippen LogP contribution in [0.1, 0.15) is 51.0 Å². The van der Waals surface area contributed by atoms with E-state index >= 15 is 0 Å². The summed E-state index contributed by atoms with van der Waals surface area (Å²) in [6.45, 7) is 6.81. The van der Waals surface area contributed by atoms with E-state index in [4.69, 9.17) is 11.6 Å². The number of piperidine rings is 1. The predicted octanol–water partition coefficient (Wildman–Crippen LogP) is 6.97. The second-order valence-corrected chi connectivity index (χ2v) is 9.13. The van der Waals surface area contributed by atoms with Gasteiger partial charge in [0, 0.05) is 39.5 Å². The van der Waals surface area contributed by atoms with Crippen LogP contribution >= 0.6 is 11.6 Å². The van der Waals surface area contributed by atoms with Crippen LogP contribution in [0.15, 0.2) is 42.6 Å². The Balaban J connectivity index is 1.44. The van der Waals surface area contributed by atoms with Gasteiger partial charge in [0.1, 0.15) is 5.82 Å². The molecule has 4 rings (SSSR count). The lowest BCUT2D eigenvalue weighted by molar-refractivity contribution is 0.155. The molecule has 2 amide bonds. The Morgan fingerprint density at radius 2 is 1.94 bits per heavy atom. The summed E-state index contributed by atoms with van der Waals surface area (Å²) < 4.78 is 13.5. The van der Waals surface area contributed by atoms with Crippen LogP contribution in [0.3, 0.4) is 0 Å². The summed E-state index contributed by atoms with van der Waals surface area (Å²) in [7, 11) is 0. The summed E-state index contributed by atoms with van der Waals surface area (Å²) in [5.74, 6) is 0.00802. The molecule has 1 aliphatic heterocycles. The normalized spacial score (nSPS) is 16.2. The minimum atomic E-state index is -0.499. The molecule has 2 heterocycles. The molecule has 1 saturated heterocycles. The summed E-state index contributed by atoms with van der Waals surface area (Å²) in [6.07, 6.45) is 6.86. The van der Waals surface area contributed by atoms with Gasteiger partial charge in [0.15, 0.2) is 0 Å². The SMILES string of the molecule is CCCC(C)N1CCC(c2c[nH]c3ccc(NC(=O)Nc4cc(F)cc(Cl)c4)cc23)CC1. The molecule has 3 aromatic rings. The number of carbonyl (C=O) groups excluding carboxylic acids is 1. The average molecular weight is 457 g/mol. The molecule has 0 radical (unpaired) electrons. The number of nitrogens with one attached hydrogen (secondary N) is 3. The highest BCUT2D eigenvalue weighted by atomic mass is 35.5. The van der Waals surface area contributed by atoms with E-state index in [2.05, 4.69) is 40.6 Å². The Morgan fingerprint density at radius 1 is 1.19 bits per heavy atom. The van der Waals surface area contributed by atoms with Gasteiger partial charge >= 0.3 is 6.03 Å². The summed E-state index contributed by atoms with van der Waals surface area (Å²) in [4.78, 5) is 18.4. The number of urea groups is 1. The van der Waals surface area contributed by atoms with Gasteiger partial charge in [0.25, 0.3) is 0 Å². The highest BCUT2D eigenvalue weighted by Gasteiger charge is 2.25. The van der Waals surface area contributed by atoms with Crippen molar-refractivity contribution in [3.63, 3.8) is 0 Å². The fourth-order valence-electron chi connectivity index (χ4n) is 4.73. The first kappa shape index (κ1) is 22.6. The van der Waals surface area contributed by atoms with E-state index in [1.165, 1.54) is 36.6 Å². The zero-order valence-corrected chi connectivity index (χ0v) is 19.3. The standard InChI is InChI=1S/C25H30ClFN4O/c1-3-4-16(2)31-9-7-17(8-10-31)23-15-28-24-6-5-20(14-22(23)24)29-25(32)30-21-12-18(26)11-19(27)13-21/h5-6,11-17,28H,3-4,7-10H2,1-2H3,(H2,29,30,32). The molecular formula is C25H30ClFN4O. The Hall–Kier alpha value is -2.57. The maximum atomic E-state index is 13.5. The number of hydrogen-bond acceptors (Lipinski definition) is 2. The molecule has 1 fully saturated rings. The quantitative estimate of drug-likeness (QED) is 0.375. The summed E-state index contributed by atoms with van der Waals surface area (Å²) >= 11 is 5.86. The van der Waals surface area contributed by atoms with E-state index in [0.717, 1.165) is 36.8 Å². The molecule has 0 saturated carbocycles. The molecule has 0 spiro atoms. The van der Waals surface area contributed by atoms with E-state index in [1.807, 2.05) is 18.2 Å². The number of carbonyl (C=O) groups is 1. The fourth-order valence-corrected chi connectivity index (χ4v) is 4.95. The van der Waals surface area contributed by atoms with Crippen molar-refractivity contribution < 1.29 is 9.18 Å². The number of rotatable bonds is 6. The van der Waals surface area contributed by atoms with Gasteiger partial charge < -0.3 is 20.5 Å². The number of nitrogens with zero attached hydrogens (tertiary/aromatic N) is 1. The molecule has 1 atom stereocenters. The van der Waals surface area contributed by atoms with Gasteiger partial charge in [-0.1, -0.05) is 24.9 Å². The molecule has 0 bridgehead atoms. The molecule has 1 unspecified atom stereocenters. The average Bonchev–Trinajstić information content (AvgIpc) is 3.16. The maximum absolute atomic E-state index is 13.5. The van der Waals surface area contributed by atoms with Crippen molar-refractivity contribution in [1.82, 2.24) is 9.88 Å². The van der Waals surface area contributed by atoms with Gasteiger partial charge in [-0.15, -0.1) is 0 Å². The maximum Gasteiger partial charge on any atom is 0.323 e. The van der Waals surface area contributed by atoms with Gasteiger partial charge in [-0.25, -0.2) is 9.18 Å². The highest BCUT2D eigenvalue weighted by molar-refractivity contribution is 6.31. The zero-order valence-electron chi connectivity index (χ0n) is 18.6. The third-order valence-electron chi connectivity index (χ3n) is 6.39. The van der Waals surface area contributed by atoms with Crippen molar-refractivity contribution in [1.29, 1.82) is 0 Å². The van der Waals surface area contributed by atoms with Crippen molar-refractivity contribution in [2.45, 2.75) is 51.5 Å². The van der Waals surface area contributed by atoms with Gasteiger partial charge in [-0.2, -0.15) is 0 Å². The van der Waals surface area contributed by atoms with Gasteiger partial charge in [-0.3, -0.25) is 0 Å². The smallest absolute Gasteiger partial charge is 0.323 e. The van der Waals surface area contributed by atoms with E-state index in [0.29, 0.717) is 23.3 Å². The number of aromatic nitrogens is 1. The molecule has 0 aliphatic carbocycles. The molecule has 7 heteroatoms. The lowest BCUT2D eigenvalue weighted by atomic mass is 9.88. The highest BCUT2D eigenvalue weighted by Crippen LogP contribution is 2.35. The molecule has 170 valence electrons. The van der Waals surface area contributed by atoms with Gasteiger partial charge in [-0.05, 0) is 87.2 Å². The van der Waals surface area contributed by atoms with E-state index in [1.54, 1.807) is 0 Å². The van der Waals surface area contributed by atoms with Crippen LogP contribution in [0.25, 0.3) is 10.9 Å². The molecule has 1 aliphatic rings. The Kier molecular flexibility index (Phi) is 7.01. The van der Waals surface area contributed by atoms with Crippen LogP contribution in [0, 0.1) is 5.82 Å². The van der Waals surface area contributed by atoms with Crippen molar-refractivity contribution in [3.8, 4) is 0 Å². The Morgan fingerprint density at radius 3 is 2.66 bits per heavy atom. The summed E-state index contributed by atoms with van der Waals surface area (Å²) in [5.41, 5.74) is 3.36. The fraction of sp³-hybridized carbons (Fsp3) is 0.400. The number of fused-ring (bicyclic) bond motifs is 1. The van der Waals surface area contributed by atoms with Gasteiger partial charge in [0.2, 0.25) is 0 Å². The van der Waals surface area contributed by atoms with Crippen molar-refractivity contribution in [2.75, 3.05) is 23.7 Å². The van der Waals surface area contributed by atoms with Crippen LogP contribution in [0.2, 0.25) is 5.02 Å². The molecule has 5 nitrogen and oxygen atoms in total. The lowest BCUT2D eigenvalue weighted by Crippen LogP contribution is -2.39. The number of benzene rings is 2. The summed E-state index contributed by atoms with van der Waals surface area (Å²) in [6, 6.07) is 9.97. The Labute approximate surface area is 193 Å². The zero-order chi connectivity index (χ0) is 22.7. The lowest BCUT2D eigenvalue weighted by Gasteiger charge is -2.36. The van der Waals surface area contributed by atoms with E-state index < -0.39 is 11.8 Å².